The van der Waals surface area contributed by atoms with Crippen molar-refractivity contribution in [3.8, 4) is 5.75 Å². The van der Waals surface area contributed by atoms with Crippen LogP contribution in [0.25, 0.3) is 0 Å². The van der Waals surface area contributed by atoms with Crippen LogP contribution in [0, 0.1) is 5.82 Å². The van der Waals surface area contributed by atoms with Crippen LogP contribution >= 0.6 is 0 Å². The van der Waals surface area contributed by atoms with E-state index in [1.807, 2.05) is 0 Å². The summed E-state index contributed by atoms with van der Waals surface area (Å²) in [5.41, 5.74) is 0.554. The second-order valence-electron chi connectivity index (χ2n) is 6.06. The van der Waals surface area contributed by atoms with Crippen LogP contribution in [0.1, 0.15) is 44.2 Å². The van der Waals surface area contributed by atoms with Crippen molar-refractivity contribution in [3.63, 3.8) is 0 Å². The van der Waals surface area contributed by atoms with Crippen LogP contribution in [0.3, 0.4) is 0 Å². The SMILES string of the molecule is COc1ccc(C(C)NC(=O)C2(S(C)(=O)=O)CCCC2)cc1F. The first-order chi connectivity index (χ1) is 10.7. The van der Waals surface area contributed by atoms with Gasteiger partial charge < -0.3 is 10.1 Å². The molecular weight excluding hydrogens is 321 g/mol. The average molecular weight is 343 g/mol. The summed E-state index contributed by atoms with van der Waals surface area (Å²) in [4.78, 5) is 12.6. The van der Waals surface area contributed by atoms with Crippen LogP contribution in [-0.2, 0) is 14.6 Å². The zero-order valence-electron chi connectivity index (χ0n) is 13.6. The normalized spacial score (nSPS) is 18.4. The van der Waals surface area contributed by atoms with Gasteiger partial charge >= 0.3 is 0 Å². The van der Waals surface area contributed by atoms with Gasteiger partial charge in [0.05, 0.1) is 13.2 Å². The summed E-state index contributed by atoms with van der Waals surface area (Å²) >= 11 is 0. The minimum atomic E-state index is -3.52. The molecule has 2 rings (SSSR count). The number of hydrogen-bond donors (Lipinski definition) is 1. The van der Waals surface area contributed by atoms with E-state index in [1.165, 1.54) is 19.2 Å². The molecule has 1 aromatic carbocycles. The van der Waals surface area contributed by atoms with Gasteiger partial charge in [0.15, 0.2) is 21.4 Å². The van der Waals surface area contributed by atoms with Gasteiger partial charge in [-0.2, -0.15) is 0 Å². The molecule has 1 N–H and O–H groups in total. The second kappa shape index (κ2) is 6.47. The van der Waals surface area contributed by atoms with Crippen LogP contribution in [0.2, 0.25) is 0 Å². The third-order valence-electron chi connectivity index (χ3n) is 4.56. The van der Waals surface area contributed by atoms with Gasteiger partial charge in [-0.25, -0.2) is 12.8 Å². The summed E-state index contributed by atoms with van der Waals surface area (Å²) in [5, 5.41) is 2.72. The first-order valence-corrected chi connectivity index (χ1v) is 9.44. The Bertz CT molecular complexity index is 696. The van der Waals surface area contributed by atoms with Crippen molar-refractivity contribution < 1.29 is 22.3 Å². The molecule has 1 aliphatic rings. The van der Waals surface area contributed by atoms with Gasteiger partial charge in [0.2, 0.25) is 5.91 Å². The maximum atomic E-state index is 13.8. The monoisotopic (exact) mass is 343 g/mol. The van der Waals surface area contributed by atoms with E-state index in [-0.39, 0.29) is 5.75 Å². The summed E-state index contributed by atoms with van der Waals surface area (Å²) in [6.45, 7) is 1.70. The number of rotatable bonds is 5. The molecule has 0 aromatic heterocycles. The van der Waals surface area contributed by atoms with Crippen molar-refractivity contribution in [1.82, 2.24) is 5.32 Å². The zero-order chi connectivity index (χ0) is 17.3. The first-order valence-electron chi connectivity index (χ1n) is 7.55. The van der Waals surface area contributed by atoms with E-state index in [2.05, 4.69) is 5.32 Å². The number of benzene rings is 1. The van der Waals surface area contributed by atoms with Gasteiger partial charge in [-0.3, -0.25) is 4.79 Å². The molecular formula is C16H22FNO4S. The van der Waals surface area contributed by atoms with Crippen LogP contribution in [0.15, 0.2) is 18.2 Å². The van der Waals surface area contributed by atoms with Crippen LogP contribution < -0.4 is 10.1 Å². The van der Waals surface area contributed by atoms with E-state index >= 15 is 0 Å². The Morgan fingerprint density at radius 1 is 1.35 bits per heavy atom. The minimum absolute atomic E-state index is 0.121. The Labute approximate surface area is 136 Å². The average Bonchev–Trinajstić information content (AvgIpc) is 2.97. The predicted molar refractivity (Wildman–Crippen MR) is 85.6 cm³/mol. The van der Waals surface area contributed by atoms with Crippen LogP contribution in [0.4, 0.5) is 4.39 Å². The number of sulfone groups is 1. The van der Waals surface area contributed by atoms with Gasteiger partial charge in [0, 0.05) is 6.26 Å². The zero-order valence-corrected chi connectivity index (χ0v) is 14.4. The number of halogens is 1. The van der Waals surface area contributed by atoms with Crippen LogP contribution in [-0.4, -0.2) is 32.4 Å². The first kappa shape index (κ1) is 17.7. The van der Waals surface area contributed by atoms with Gasteiger partial charge in [0.25, 0.3) is 0 Å². The molecule has 0 heterocycles. The lowest BCUT2D eigenvalue weighted by molar-refractivity contribution is -0.124. The number of ether oxygens (including phenoxy) is 1. The quantitative estimate of drug-likeness (QED) is 0.891. The largest absolute Gasteiger partial charge is 0.494 e. The summed E-state index contributed by atoms with van der Waals surface area (Å²) < 4.78 is 41.5. The minimum Gasteiger partial charge on any atom is -0.494 e. The lowest BCUT2D eigenvalue weighted by atomic mass is 10.0. The molecule has 1 amide bonds. The molecule has 1 fully saturated rings. The summed E-state index contributed by atoms with van der Waals surface area (Å²) in [5.74, 6) is -0.901. The molecule has 128 valence electrons. The molecule has 1 saturated carbocycles. The predicted octanol–water partition coefficient (Wildman–Crippen LogP) is 2.37. The molecule has 0 aliphatic heterocycles. The van der Waals surface area contributed by atoms with Crippen molar-refractivity contribution in [3.05, 3.63) is 29.6 Å². The van der Waals surface area contributed by atoms with E-state index < -0.39 is 32.4 Å². The lowest BCUT2D eigenvalue weighted by Crippen LogP contribution is -2.50. The summed E-state index contributed by atoms with van der Waals surface area (Å²) in [6.07, 6.45) is 3.20. The smallest absolute Gasteiger partial charge is 0.241 e. The lowest BCUT2D eigenvalue weighted by Gasteiger charge is -2.27. The highest BCUT2D eigenvalue weighted by molar-refractivity contribution is 7.92. The fourth-order valence-corrected chi connectivity index (χ4v) is 4.50. The molecule has 1 unspecified atom stereocenters. The molecule has 23 heavy (non-hydrogen) atoms. The topological polar surface area (TPSA) is 72.5 Å². The third kappa shape index (κ3) is 3.34. The number of nitrogens with one attached hydrogen (secondary N) is 1. The van der Waals surface area contributed by atoms with E-state index in [0.29, 0.717) is 31.2 Å². The Balaban J connectivity index is 2.20. The molecule has 5 nitrogen and oxygen atoms in total. The highest BCUT2D eigenvalue weighted by Gasteiger charge is 2.50. The molecule has 0 spiro atoms. The molecule has 1 aliphatic carbocycles. The Morgan fingerprint density at radius 2 is 1.96 bits per heavy atom. The maximum Gasteiger partial charge on any atom is 0.241 e. The number of hydrogen-bond acceptors (Lipinski definition) is 4. The van der Waals surface area contributed by atoms with E-state index in [9.17, 15) is 17.6 Å². The highest BCUT2D eigenvalue weighted by atomic mass is 32.2. The second-order valence-corrected chi connectivity index (χ2v) is 8.39. The van der Waals surface area contributed by atoms with Crippen LogP contribution in [0.5, 0.6) is 5.75 Å². The maximum absolute atomic E-state index is 13.8. The summed E-state index contributed by atoms with van der Waals surface area (Å²) in [7, 11) is -2.14. The van der Waals surface area contributed by atoms with E-state index in [0.717, 1.165) is 6.26 Å². The number of methoxy groups -OCH3 is 1. The van der Waals surface area contributed by atoms with Crippen molar-refractivity contribution in [2.24, 2.45) is 0 Å². The molecule has 1 aromatic rings. The van der Waals surface area contributed by atoms with E-state index in [4.69, 9.17) is 4.74 Å². The fraction of sp³-hybridized carbons (Fsp3) is 0.562. The molecule has 0 bridgehead atoms. The number of carbonyl (C=O) groups is 1. The van der Waals surface area contributed by atoms with Gasteiger partial charge in [-0.1, -0.05) is 18.9 Å². The molecule has 1 atom stereocenters. The van der Waals surface area contributed by atoms with Gasteiger partial charge in [-0.15, -0.1) is 0 Å². The highest BCUT2D eigenvalue weighted by Crippen LogP contribution is 2.37. The molecule has 7 heteroatoms. The van der Waals surface area contributed by atoms with Gasteiger partial charge in [-0.05, 0) is 37.5 Å². The van der Waals surface area contributed by atoms with E-state index in [1.54, 1.807) is 13.0 Å². The Kier molecular flexibility index (Phi) is 4.98. The van der Waals surface area contributed by atoms with Crippen molar-refractivity contribution in [1.29, 1.82) is 0 Å². The fourth-order valence-electron chi connectivity index (χ4n) is 3.08. The van der Waals surface area contributed by atoms with Gasteiger partial charge in [0.1, 0.15) is 4.75 Å². The number of amides is 1. The number of carbonyl (C=O) groups excluding carboxylic acids is 1. The Morgan fingerprint density at radius 3 is 2.43 bits per heavy atom. The van der Waals surface area contributed by atoms with Crippen molar-refractivity contribution in [2.45, 2.75) is 43.4 Å². The Hall–Kier alpha value is -1.63. The third-order valence-corrected chi connectivity index (χ3v) is 6.57. The van der Waals surface area contributed by atoms with Crippen molar-refractivity contribution >= 4 is 15.7 Å². The molecule has 0 saturated heterocycles. The molecule has 0 radical (unpaired) electrons. The summed E-state index contributed by atoms with van der Waals surface area (Å²) in [6, 6.07) is 3.91. The standard InChI is InChI=1S/C16H22FNO4S/c1-11(12-6-7-14(22-2)13(17)10-12)18-15(19)16(23(3,20)21)8-4-5-9-16/h6-7,10-11H,4-5,8-9H2,1-3H3,(H,18,19). The van der Waals surface area contributed by atoms with Crippen molar-refractivity contribution in [2.75, 3.05) is 13.4 Å².